The molecule has 5 nitrogen and oxygen atoms in total. The molecule has 3 aromatic carbocycles. The van der Waals surface area contributed by atoms with Gasteiger partial charge in [-0.2, -0.15) is 0 Å². The Bertz CT molecular complexity index is 1300. The maximum Gasteiger partial charge on any atom is 0.306 e. The number of ketones is 1. The molecule has 0 fully saturated rings. The summed E-state index contributed by atoms with van der Waals surface area (Å²) in [7, 11) is 1.71. The van der Waals surface area contributed by atoms with Crippen molar-refractivity contribution < 1.29 is 19.1 Å². The van der Waals surface area contributed by atoms with Crippen LogP contribution in [0.2, 0.25) is 0 Å². The van der Waals surface area contributed by atoms with Crippen LogP contribution in [0.5, 0.6) is 0 Å². The van der Waals surface area contributed by atoms with Crippen molar-refractivity contribution >= 4 is 17.7 Å². The van der Waals surface area contributed by atoms with Gasteiger partial charge >= 0.3 is 5.97 Å². The van der Waals surface area contributed by atoms with Crippen molar-refractivity contribution in [3.8, 4) is 11.1 Å². The number of aryl methyl sites for hydroxylation is 1. The molecule has 3 aromatic rings. The Kier molecular flexibility index (Phi) is 10.5. The Labute approximate surface area is 244 Å². The fraction of sp³-hybridized carbons (Fsp3) is 0.417. The molecule has 0 saturated heterocycles. The number of hydrogen-bond donors (Lipinski definition) is 0. The second-order valence-corrected chi connectivity index (χ2v) is 11.3. The minimum absolute atomic E-state index is 0.0327. The van der Waals surface area contributed by atoms with Gasteiger partial charge in [0.05, 0.1) is 18.4 Å². The first-order valence-corrected chi connectivity index (χ1v) is 15.0. The van der Waals surface area contributed by atoms with Gasteiger partial charge in [0.2, 0.25) is 5.91 Å². The monoisotopic (exact) mass is 553 g/mol. The van der Waals surface area contributed by atoms with Crippen LogP contribution in [-0.4, -0.2) is 42.3 Å². The molecule has 0 saturated carbocycles. The van der Waals surface area contributed by atoms with Gasteiger partial charge in [-0.05, 0) is 47.6 Å². The van der Waals surface area contributed by atoms with Crippen LogP contribution in [0.25, 0.3) is 11.1 Å². The lowest BCUT2D eigenvalue weighted by molar-refractivity contribution is -0.150. The van der Waals surface area contributed by atoms with Crippen LogP contribution in [0.3, 0.4) is 0 Å². The zero-order chi connectivity index (χ0) is 29.4. The molecule has 5 heteroatoms. The van der Waals surface area contributed by atoms with Crippen molar-refractivity contribution in [1.82, 2.24) is 4.90 Å². The van der Waals surface area contributed by atoms with Crippen molar-refractivity contribution in [3.63, 3.8) is 0 Å². The van der Waals surface area contributed by atoms with E-state index in [1.165, 1.54) is 11.1 Å². The van der Waals surface area contributed by atoms with Crippen LogP contribution in [0.1, 0.15) is 80.5 Å². The number of esters is 1. The molecule has 0 aliphatic heterocycles. The van der Waals surface area contributed by atoms with Gasteiger partial charge in [-0.15, -0.1) is 0 Å². The van der Waals surface area contributed by atoms with E-state index in [9.17, 15) is 14.4 Å². The number of Topliss-reactive ketones (excluding diaryl/α,β-unsaturated/α-hetero) is 1. The van der Waals surface area contributed by atoms with E-state index in [0.717, 1.165) is 41.5 Å². The van der Waals surface area contributed by atoms with Gasteiger partial charge in [0.1, 0.15) is 6.61 Å². The van der Waals surface area contributed by atoms with Gasteiger partial charge in [-0.25, -0.2) is 0 Å². The topological polar surface area (TPSA) is 63.7 Å². The lowest BCUT2D eigenvalue weighted by Gasteiger charge is -2.30. The van der Waals surface area contributed by atoms with Crippen LogP contribution in [0, 0.1) is 12.8 Å². The number of unbranched alkanes of at least 4 members (excludes halogenated alkanes) is 2. The molecule has 0 spiro atoms. The van der Waals surface area contributed by atoms with E-state index in [1.54, 1.807) is 11.9 Å². The first-order valence-electron chi connectivity index (χ1n) is 15.0. The van der Waals surface area contributed by atoms with E-state index >= 15 is 0 Å². The van der Waals surface area contributed by atoms with Gasteiger partial charge in [0.25, 0.3) is 0 Å². The zero-order valence-electron chi connectivity index (χ0n) is 24.9. The third-order valence-corrected chi connectivity index (χ3v) is 8.35. The lowest BCUT2D eigenvalue weighted by atomic mass is 9.92. The number of fused-ring (bicyclic) bond motifs is 3. The number of rotatable bonds is 14. The van der Waals surface area contributed by atoms with E-state index in [1.807, 2.05) is 62.4 Å². The molecule has 1 aliphatic carbocycles. The molecular formula is C36H43NO4. The first-order chi connectivity index (χ1) is 19.8. The van der Waals surface area contributed by atoms with Crippen LogP contribution in [0.4, 0.5) is 0 Å². The number of likely N-dealkylation sites (N-methyl/N-ethyl adjacent to an activating group) is 1. The molecule has 4 rings (SSSR count). The summed E-state index contributed by atoms with van der Waals surface area (Å²) in [5.41, 5.74) is 6.77. The summed E-state index contributed by atoms with van der Waals surface area (Å²) in [5, 5.41) is 0. The summed E-state index contributed by atoms with van der Waals surface area (Å²) in [6, 6.07) is 24.1. The minimum Gasteiger partial charge on any atom is -0.465 e. The third-order valence-electron chi connectivity index (χ3n) is 8.35. The van der Waals surface area contributed by atoms with Gasteiger partial charge < -0.3 is 9.64 Å². The Morgan fingerprint density at radius 3 is 2.05 bits per heavy atom. The lowest BCUT2D eigenvalue weighted by Crippen LogP contribution is -2.46. The highest BCUT2D eigenvalue weighted by Gasteiger charge is 2.33. The predicted molar refractivity (Wildman–Crippen MR) is 164 cm³/mol. The average Bonchev–Trinajstić information content (AvgIpc) is 3.31. The van der Waals surface area contributed by atoms with Gasteiger partial charge in [-0.1, -0.05) is 111 Å². The summed E-state index contributed by atoms with van der Waals surface area (Å²) >= 11 is 0. The second kappa shape index (κ2) is 14.2. The SMILES string of the molecule is CCCCC[C@H](C(=O)CC)N(C)C(=O)[C@H](CC(=O)OCC1c2ccccc2-c2ccccc21)Cc1ccc(C)cc1. The van der Waals surface area contributed by atoms with E-state index in [0.29, 0.717) is 19.3 Å². The quantitative estimate of drug-likeness (QED) is 0.155. The fourth-order valence-electron chi connectivity index (χ4n) is 5.97. The average molecular weight is 554 g/mol. The molecule has 41 heavy (non-hydrogen) atoms. The van der Waals surface area contributed by atoms with Crippen LogP contribution >= 0.6 is 0 Å². The van der Waals surface area contributed by atoms with Crippen molar-refractivity contribution in [1.29, 1.82) is 0 Å². The van der Waals surface area contributed by atoms with E-state index in [-0.39, 0.29) is 30.6 Å². The highest BCUT2D eigenvalue weighted by atomic mass is 16.5. The van der Waals surface area contributed by atoms with Crippen molar-refractivity contribution in [2.24, 2.45) is 5.92 Å². The number of benzene rings is 3. The molecular weight excluding hydrogens is 510 g/mol. The molecule has 0 N–H and O–H groups in total. The van der Waals surface area contributed by atoms with Crippen LogP contribution in [-0.2, 0) is 25.5 Å². The molecule has 2 atom stereocenters. The number of hydrogen-bond acceptors (Lipinski definition) is 4. The summed E-state index contributed by atoms with van der Waals surface area (Å²) in [6.07, 6.45) is 4.35. The Hall–Kier alpha value is -3.73. The Balaban J connectivity index is 1.50. The largest absolute Gasteiger partial charge is 0.465 e. The molecule has 1 amide bonds. The number of amides is 1. The molecule has 0 radical (unpaired) electrons. The van der Waals surface area contributed by atoms with Crippen molar-refractivity contribution in [2.45, 2.75) is 77.7 Å². The molecule has 0 heterocycles. The van der Waals surface area contributed by atoms with Gasteiger partial charge in [0.15, 0.2) is 5.78 Å². The van der Waals surface area contributed by atoms with Gasteiger partial charge in [0, 0.05) is 19.4 Å². The van der Waals surface area contributed by atoms with Crippen molar-refractivity contribution in [3.05, 3.63) is 95.1 Å². The highest BCUT2D eigenvalue weighted by Crippen LogP contribution is 2.44. The molecule has 1 aliphatic rings. The van der Waals surface area contributed by atoms with E-state index in [2.05, 4.69) is 31.2 Å². The van der Waals surface area contributed by atoms with Crippen LogP contribution < -0.4 is 0 Å². The molecule has 0 unspecified atom stereocenters. The molecule has 0 bridgehead atoms. The summed E-state index contributed by atoms with van der Waals surface area (Å²) in [4.78, 5) is 41.7. The van der Waals surface area contributed by atoms with E-state index in [4.69, 9.17) is 4.74 Å². The maximum atomic E-state index is 13.9. The Morgan fingerprint density at radius 1 is 0.854 bits per heavy atom. The normalized spacial score (nSPS) is 13.7. The van der Waals surface area contributed by atoms with Crippen molar-refractivity contribution in [2.75, 3.05) is 13.7 Å². The number of ether oxygens (including phenoxy) is 1. The van der Waals surface area contributed by atoms with E-state index < -0.39 is 17.9 Å². The number of carbonyl (C=O) groups is 3. The van der Waals surface area contributed by atoms with Crippen LogP contribution in [0.15, 0.2) is 72.8 Å². The minimum atomic E-state index is -0.614. The predicted octanol–water partition coefficient (Wildman–Crippen LogP) is 7.29. The summed E-state index contributed by atoms with van der Waals surface area (Å²) in [6.45, 7) is 6.21. The zero-order valence-corrected chi connectivity index (χ0v) is 24.9. The Morgan fingerprint density at radius 2 is 1.46 bits per heavy atom. The second-order valence-electron chi connectivity index (χ2n) is 11.3. The highest BCUT2D eigenvalue weighted by molar-refractivity contribution is 5.91. The maximum absolute atomic E-state index is 13.9. The molecule has 0 aromatic heterocycles. The third kappa shape index (κ3) is 7.32. The smallest absolute Gasteiger partial charge is 0.306 e. The molecule has 216 valence electrons. The standard InChI is InChI=1S/C36H43NO4/c1-5-7-8-17-33(34(38)6-2)37(4)36(40)27(22-26-20-18-25(3)19-21-26)23-35(39)41-24-32-30-15-11-9-13-28(30)29-14-10-12-16-31(29)32/h9-16,18-21,27,32-33H,5-8,17,22-24H2,1-4H3/t27-,33+/m0/s1. The summed E-state index contributed by atoms with van der Waals surface area (Å²) in [5.74, 6) is -1.16. The first kappa shape index (κ1) is 30.2. The summed E-state index contributed by atoms with van der Waals surface area (Å²) < 4.78 is 5.89. The number of nitrogens with zero attached hydrogens (tertiary/aromatic N) is 1. The fourth-order valence-corrected chi connectivity index (χ4v) is 5.97. The van der Waals surface area contributed by atoms with Gasteiger partial charge in [-0.3, -0.25) is 14.4 Å². The number of carbonyl (C=O) groups excluding carboxylic acids is 3.